The van der Waals surface area contributed by atoms with Crippen molar-refractivity contribution in [2.24, 2.45) is 5.73 Å². The van der Waals surface area contributed by atoms with Crippen molar-refractivity contribution in [2.45, 2.75) is 12.8 Å². The number of hydrogen-bond acceptors (Lipinski definition) is 4. The maximum atomic E-state index is 12.3. The van der Waals surface area contributed by atoms with Gasteiger partial charge in [-0.1, -0.05) is 0 Å². The number of rotatable bonds is 4. The van der Waals surface area contributed by atoms with Crippen LogP contribution in [0.1, 0.15) is 23.2 Å². The zero-order chi connectivity index (χ0) is 13.5. The minimum absolute atomic E-state index is 0.114. The third kappa shape index (κ3) is 4.01. The molecule has 0 aromatic carbocycles. The standard InChI is InChI=1S/C14H22N4O/c15-5-1-8-17-9-2-10-18(12-11-17)14(19)13-3-6-16-7-4-13/h3-4,6-7H,1-2,5,8-12,15H2. The fraction of sp³-hybridized carbons (Fsp3) is 0.571. The molecule has 104 valence electrons. The molecule has 0 saturated carbocycles. The number of carbonyl (C=O) groups is 1. The lowest BCUT2D eigenvalue weighted by Gasteiger charge is -2.21. The van der Waals surface area contributed by atoms with E-state index < -0.39 is 0 Å². The molecule has 0 bridgehead atoms. The zero-order valence-corrected chi connectivity index (χ0v) is 11.3. The van der Waals surface area contributed by atoms with Crippen LogP contribution in [0.3, 0.4) is 0 Å². The van der Waals surface area contributed by atoms with E-state index in [4.69, 9.17) is 5.73 Å². The SMILES string of the molecule is NCCCN1CCCN(C(=O)c2ccncc2)CC1. The molecule has 1 aliphatic heterocycles. The Morgan fingerprint density at radius 3 is 2.74 bits per heavy atom. The molecule has 2 rings (SSSR count). The highest BCUT2D eigenvalue weighted by Gasteiger charge is 2.19. The summed E-state index contributed by atoms with van der Waals surface area (Å²) >= 11 is 0. The van der Waals surface area contributed by atoms with Crippen LogP contribution in [0.4, 0.5) is 0 Å². The largest absolute Gasteiger partial charge is 0.337 e. The molecule has 0 aliphatic carbocycles. The van der Waals surface area contributed by atoms with E-state index in [-0.39, 0.29) is 5.91 Å². The Morgan fingerprint density at radius 1 is 1.21 bits per heavy atom. The molecule has 5 heteroatoms. The van der Waals surface area contributed by atoms with Crippen molar-refractivity contribution in [2.75, 3.05) is 39.3 Å². The molecule has 19 heavy (non-hydrogen) atoms. The molecular weight excluding hydrogens is 240 g/mol. The minimum Gasteiger partial charge on any atom is -0.337 e. The maximum Gasteiger partial charge on any atom is 0.254 e. The summed E-state index contributed by atoms with van der Waals surface area (Å²) in [5.74, 6) is 0.114. The summed E-state index contributed by atoms with van der Waals surface area (Å²) in [5, 5.41) is 0. The molecule has 2 heterocycles. The monoisotopic (exact) mass is 262 g/mol. The predicted molar refractivity (Wildman–Crippen MR) is 74.9 cm³/mol. The van der Waals surface area contributed by atoms with Crippen molar-refractivity contribution in [1.29, 1.82) is 0 Å². The van der Waals surface area contributed by atoms with E-state index in [1.165, 1.54) is 0 Å². The van der Waals surface area contributed by atoms with Gasteiger partial charge in [0.25, 0.3) is 5.91 Å². The van der Waals surface area contributed by atoms with E-state index in [0.29, 0.717) is 0 Å². The molecule has 1 aromatic rings. The van der Waals surface area contributed by atoms with Crippen molar-refractivity contribution in [1.82, 2.24) is 14.8 Å². The summed E-state index contributed by atoms with van der Waals surface area (Å²) < 4.78 is 0. The van der Waals surface area contributed by atoms with Gasteiger partial charge in [-0.3, -0.25) is 9.78 Å². The van der Waals surface area contributed by atoms with Gasteiger partial charge in [-0.25, -0.2) is 0 Å². The lowest BCUT2D eigenvalue weighted by molar-refractivity contribution is 0.0761. The normalized spacial score (nSPS) is 17.2. The lowest BCUT2D eigenvalue weighted by Crippen LogP contribution is -2.35. The fourth-order valence-electron chi connectivity index (χ4n) is 2.39. The summed E-state index contributed by atoms with van der Waals surface area (Å²) in [6, 6.07) is 3.55. The second-order valence-electron chi connectivity index (χ2n) is 4.87. The molecule has 1 saturated heterocycles. The Balaban J connectivity index is 1.90. The molecule has 1 fully saturated rings. The van der Waals surface area contributed by atoms with Gasteiger partial charge in [0.2, 0.25) is 0 Å². The third-order valence-corrected chi connectivity index (χ3v) is 3.48. The summed E-state index contributed by atoms with van der Waals surface area (Å²) in [5.41, 5.74) is 6.27. The molecule has 0 atom stereocenters. The van der Waals surface area contributed by atoms with Crippen LogP contribution in [0, 0.1) is 0 Å². The first-order valence-corrected chi connectivity index (χ1v) is 6.93. The van der Waals surface area contributed by atoms with E-state index in [0.717, 1.165) is 57.7 Å². The second kappa shape index (κ2) is 7.21. The zero-order valence-electron chi connectivity index (χ0n) is 11.3. The Bertz CT molecular complexity index is 396. The average Bonchev–Trinajstić information content (AvgIpc) is 2.71. The molecule has 1 amide bonds. The smallest absolute Gasteiger partial charge is 0.254 e. The van der Waals surface area contributed by atoms with Crippen LogP contribution >= 0.6 is 0 Å². The van der Waals surface area contributed by atoms with Gasteiger partial charge in [-0.05, 0) is 44.6 Å². The molecule has 1 aromatic heterocycles. The topological polar surface area (TPSA) is 62.5 Å². The van der Waals surface area contributed by atoms with Crippen molar-refractivity contribution in [3.05, 3.63) is 30.1 Å². The highest BCUT2D eigenvalue weighted by Crippen LogP contribution is 2.08. The van der Waals surface area contributed by atoms with Crippen molar-refractivity contribution >= 4 is 5.91 Å². The molecular formula is C14H22N4O. The first-order chi connectivity index (χ1) is 9.31. The highest BCUT2D eigenvalue weighted by molar-refractivity contribution is 5.94. The van der Waals surface area contributed by atoms with Gasteiger partial charge in [-0.2, -0.15) is 0 Å². The van der Waals surface area contributed by atoms with Crippen LogP contribution in [0.2, 0.25) is 0 Å². The molecule has 0 spiro atoms. The number of carbonyl (C=O) groups excluding carboxylic acids is 1. The van der Waals surface area contributed by atoms with E-state index in [1.54, 1.807) is 24.5 Å². The maximum absolute atomic E-state index is 12.3. The molecule has 0 unspecified atom stereocenters. The number of nitrogens with zero attached hydrogens (tertiary/aromatic N) is 3. The number of pyridine rings is 1. The van der Waals surface area contributed by atoms with Crippen LogP contribution in [0.5, 0.6) is 0 Å². The van der Waals surface area contributed by atoms with Gasteiger partial charge in [0.05, 0.1) is 0 Å². The minimum atomic E-state index is 0.114. The summed E-state index contributed by atoms with van der Waals surface area (Å²) in [6.07, 6.45) is 5.39. The van der Waals surface area contributed by atoms with Gasteiger partial charge < -0.3 is 15.5 Å². The lowest BCUT2D eigenvalue weighted by atomic mass is 10.2. The average molecular weight is 262 g/mol. The molecule has 2 N–H and O–H groups in total. The number of aromatic nitrogens is 1. The summed E-state index contributed by atoms with van der Waals surface area (Å²) in [6.45, 7) is 5.40. The fourth-order valence-corrected chi connectivity index (χ4v) is 2.39. The van der Waals surface area contributed by atoms with Crippen LogP contribution in [0.25, 0.3) is 0 Å². The number of amides is 1. The summed E-state index contributed by atoms with van der Waals surface area (Å²) in [4.78, 5) is 20.6. The van der Waals surface area contributed by atoms with E-state index in [1.807, 2.05) is 4.90 Å². The van der Waals surface area contributed by atoms with E-state index in [2.05, 4.69) is 9.88 Å². The quantitative estimate of drug-likeness (QED) is 0.862. The van der Waals surface area contributed by atoms with Gasteiger partial charge in [0.1, 0.15) is 0 Å². The van der Waals surface area contributed by atoms with Crippen LogP contribution in [-0.2, 0) is 0 Å². The van der Waals surface area contributed by atoms with Crippen molar-refractivity contribution < 1.29 is 4.79 Å². The number of nitrogens with two attached hydrogens (primary N) is 1. The van der Waals surface area contributed by atoms with Crippen LogP contribution < -0.4 is 5.73 Å². The molecule has 5 nitrogen and oxygen atoms in total. The van der Waals surface area contributed by atoms with Crippen LogP contribution in [-0.4, -0.2) is 60.0 Å². The Kier molecular flexibility index (Phi) is 5.30. The van der Waals surface area contributed by atoms with Gasteiger partial charge in [-0.15, -0.1) is 0 Å². The predicted octanol–water partition coefficient (Wildman–Crippen LogP) is 0.578. The van der Waals surface area contributed by atoms with E-state index >= 15 is 0 Å². The van der Waals surface area contributed by atoms with Gasteiger partial charge >= 0.3 is 0 Å². The highest BCUT2D eigenvalue weighted by atomic mass is 16.2. The van der Waals surface area contributed by atoms with Crippen molar-refractivity contribution in [3.63, 3.8) is 0 Å². The van der Waals surface area contributed by atoms with Crippen LogP contribution in [0.15, 0.2) is 24.5 Å². The Morgan fingerprint density at radius 2 is 2.00 bits per heavy atom. The second-order valence-corrected chi connectivity index (χ2v) is 4.87. The Labute approximate surface area is 114 Å². The van der Waals surface area contributed by atoms with E-state index in [9.17, 15) is 4.79 Å². The third-order valence-electron chi connectivity index (χ3n) is 3.48. The first kappa shape index (κ1) is 14.0. The number of hydrogen-bond donors (Lipinski definition) is 1. The first-order valence-electron chi connectivity index (χ1n) is 6.93. The van der Waals surface area contributed by atoms with Gasteiger partial charge in [0, 0.05) is 37.6 Å². The Hall–Kier alpha value is -1.46. The summed E-state index contributed by atoms with van der Waals surface area (Å²) in [7, 11) is 0. The van der Waals surface area contributed by atoms with Crippen molar-refractivity contribution in [3.8, 4) is 0 Å². The molecule has 1 aliphatic rings. The molecule has 0 radical (unpaired) electrons. The van der Waals surface area contributed by atoms with Gasteiger partial charge in [0.15, 0.2) is 0 Å².